The van der Waals surface area contributed by atoms with Gasteiger partial charge in [-0.25, -0.2) is 0 Å². The number of carbonyl (C=O) groups is 1. The van der Waals surface area contributed by atoms with Crippen molar-refractivity contribution in [1.82, 2.24) is 0 Å². The normalized spacial score (nSPS) is 20.0. The Labute approximate surface area is 83.1 Å². The fraction of sp³-hybridized carbons (Fsp3) is 0.222. The van der Waals surface area contributed by atoms with Crippen LogP contribution in [0, 0.1) is 0 Å². The number of halogens is 3. The SMILES string of the molecule is NC1C(=O)Nc2c1cccc2C(F)(F)F. The summed E-state index contributed by atoms with van der Waals surface area (Å²) in [5.74, 6) is -0.610. The van der Waals surface area contributed by atoms with Crippen LogP contribution in [0.1, 0.15) is 17.2 Å². The third-order valence-corrected chi connectivity index (χ3v) is 2.27. The Kier molecular flexibility index (Phi) is 1.97. The maximum Gasteiger partial charge on any atom is 0.418 e. The summed E-state index contributed by atoms with van der Waals surface area (Å²) in [6, 6.07) is 2.55. The van der Waals surface area contributed by atoms with Gasteiger partial charge in [-0.1, -0.05) is 12.1 Å². The number of hydrogen-bond donors (Lipinski definition) is 2. The summed E-state index contributed by atoms with van der Waals surface area (Å²) in [7, 11) is 0. The molecule has 0 saturated heterocycles. The molecular weight excluding hydrogens is 209 g/mol. The predicted octanol–water partition coefficient (Wildman–Crippen LogP) is 1.66. The molecule has 0 saturated carbocycles. The predicted molar refractivity (Wildman–Crippen MR) is 47.0 cm³/mol. The van der Waals surface area contributed by atoms with Gasteiger partial charge in [0.1, 0.15) is 6.04 Å². The molecule has 0 fully saturated rings. The minimum atomic E-state index is -4.48. The fourth-order valence-electron chi connectivity index (χ4n) is 1.55. The van der Waals surface area contributed by atoms with E-state index in [1.165, 1.54) is 12.1 Å². The Morgan fingerprint density at radius 3 is 2.60 bits per heavy atom. The highest BCUT2D eigenvalue weighted by atomic mass is 19.4. The number of amides is 1. The molecule has 1 aliphatic rings. The standard InChI is InChI=1S/C9H7F3N2O/c10-9(11,12)5-3-1-2-4-6(13)8(15)14-7(4)5/h1-3,6H,13H2,(H,14,15). The lowest BCUT2D eigenvalue weighted by molar-refractivity contribution is -0.136. The molecule has 80 valence electrons. The number of nitrogens with one attached hydrogen (secondary N) is 1. The molecule has 1 unspecified atom stereocenters. The zero-order valence-corrected chi connectivity index (χ0v) is 7.43. The van der Waals surface area contributed by atoms with Crippen LogP contribution < -0.4 is 11.1 Å². The molecule has 1 aliphatic heterocycles. The maximum atomic E-state index is 12.5. The molecule has 0 aliphatic carbocycles. The smallest absolute Gasteiger partial charge is 0.324 e. The van der Waals surface area contributed by atoms with Gasteiger partial charge in [0.05, 0.1) is 11.3 Å². The van der Waals surface area contributed by atoms with Crippen molar-refractivity contribution in [2.75, 3.05) is 5.32 Å². The van der Waals surface area contributed by atoms with Crippen molar-refractivity contribution in [3.05, 3.63) is 29.3 Å². The quantitative estimate of drug-likeness (QED) is 0.692. The Balaban J connectivity index is 2.60. The monoisotopic (exact) mass is 216 g/mol. The molecule has 0 radical (unpaired) electrons. The minimum absolute atomic E-state index is 0.190. The highest BCUT2D eigenvalue weighted by molar-refractivity contribution is 6.03. The van der Waals surface area contributed by atoms with E-state index in [2.05, 4.69) is 5.32 Å². The topological polar surface area (TPSA) is 55.1 Å². The third-order valence-electron chi connectivity index (χ3n) is 2.27. The van der Waals surface area contributed by atoms with E-state index in [1.54, 1.807) is 0 Å². The molecule has 1 aromatic rings. The van der Waals surface area contributed by atoms with Gasteiger partial charge >= 0.3 is 6.18 Å². The van der Waals surface area contributed by atoms with Crippen molar-refractivity contribution in [2.45, 2.75) is 12.2 Å². The highest BCUT2D eigenvalue weighted by Crippen LogP contribution is 2.40. The van der Waals surface area contributed by atoms with Gasteiger partial charge in [-0.05, 0) is 6.07 Å². The van der Waals surface area contributed by atoms with E-state index in [0.29, 0.717) is 0 Å². The van der Waals surface area contributed by atoms with Crippen LogP contribution >= 0.6 is 0 Å². The largest absolute Gasteiger partial charge is 0.418 e. The maximum absolute atomic E-state index is 12.5. The summed E-state index contributed by atoms with van der Waals surface area (Å²) >= 11 is 0. The molecule has 1 atom stereocenters. The first kappa shape index (κ1) is 9.97. The van der Waals surface area contributed by atoms with Crippen molar-refractivity contribution >= 4 is 11.6 Å². The zero-order valence-electron chi connectivity index (χ0n) is 7.43. The van der Waals surface area contributed by atoms with Gasteiger partial charge in [0.15, 0.2) is 0 Å². The van der Waals surface area contributed by atoms with Crippen molar-refractivity contribution < 1.29 is 18.0 Å². The number of benzene rings is 1. The first-order valence-corrected chi connectivity index (χ1v) is 4.18. The van der Waals surface area contributed by atoms with Gasteiger partial charge < -0.3 is 11.1 Å². The molecular formula is C9H7F3N2O. The first-order chi connectivity index (χ1) is 6.91. The number of carbonyl (C=O) groups excluding carboxylic acids is 1. The van der Waals surface area contributed by atoms with Crippen LogP contribution in [-0.2, 0) is 11.0 Å². The van der Waals surface area contributed by atoms with E-state index in [0.717, 1.165) is 6.07 Å². The van der Waals surface area contributed by atoms with Gasteiger partial charge in [-0.15, -0.1) is 0 Å². The van der Waals surface area contributed by atoms with Crippen molar-refractivity contribution in [3.63, 3.8) is 0 Å². The summed E-state index contributed by atoms with van der Waals surface area (Å²) in [6.07, 6.45) is -4.48. The number of fused-ring (bicyclic) bond motifs is 1. The lowest BCUT2D eigenvalue weighted by atomic mass is 10.0. The Morgan fingerprint density at radius 1 is 1.33 bits per heavy atom. The highest BCUT2D eigenvalue weighted by Gasteiger charge is 2.39. The van der Waals surface area contributed by atoms with E-state index in [4.69, 9.17) is 5.73 Å². The lowest BCUT2D eigenvalue weighted by Gasteiger charge is -2.11. The third kappa shape index (κ3) is 1.46. The molecule has 3 N–H and O–H groups in total. The number of rotatable bonds is 0. The van der Waals surface area contributed by atoms with Crippen LogP contribution in [0.3, 0.4) is 0 Å². The number of hydrogen-bond acceptors (Lipinski definition) is 2. The van der Waals surface area contributed by atoms with Crippen LogP contribution in [0.25, 0.3) is 0 Å². The van der Waals surface area contributed by atoms with Gasteiger partial charge in [-0.3, -0.25) is 4.79 Å². The second-order valence-corrected chi connectivity index (χ2v) is 3.23. The van der Waals surface area contributed by atoms with E-state index < -0.39 is 23.7 Å². The van der Waals surface area contributed by atoms with Crippen LogP contribution in [0.5, 0.6) is 0 Å². The Morgan fingerprint density at radius 2 is 2.00 bits per heavy atom. The van der Waals surface area contributed by atoms with Crippen molar-refractivity contribution in [2.24, 2.45) is 5.73 Å². The molecule has 6 heteroatoms. The molecule has 0 spiro atoms. The average molecular weight is 216 g/mol. The van der Waals surface area contributed by atoms with E-state index in [1.807, 2.05) is 0 Å². The van der Waals surface area contributed by atoms with E-state index in [-0.39, 0.29) is 11.3 Å². The Hall–Kier alpha value is -1.56. The van der Waals surface area contributed by atoms with E-state index in [9.17, 15) is 18.0 Å². The van der Waals surface area contributed by atoms with Crippen molar-refractivity contribution in [1.29, 1.82) is 0 Å². The second kappa shape index (κ2) is 2.96. The summed E-state index contributed by atoms with van der Waals surface area (Å²) in [4.78, 5) is 11.1. The first-order valence-electron chi connectivity index (χ1n) is 4.18. The molecule has 15 heavy (non-hydrogen) atoms. The summed E-state index contributed by atoms with van der Waals surface area (Å²) in [6.45, 7) is 0. The van der Waals surface area contributed by atoms with Gasteiger partial charge in [0.2, 0.25) is 5.91 Å². The molecule has 2 rings (SSSR count). The van der Waals surface area contributed by atoms with Crippen LogP contribution in [0.4, 0.5) is 18.9 Å². The van der Waals surface area contributed by atoms with Gasteiger partial charge in [0, 0.05) is 5.56 Å². The van der Waals surface area contributed by atoms with E-state index >= 15 is 0 Å². The number of para-hydroxylation sites is 1. The number of alkyl halides is 3. The molecule has 1 amide bonds. The average Bonchev–Trinajstić information content (AvgIpc) is 2.41. The number of nitrogens with two attached hydrogens (primary N) is 1. The lowest BCUT2D eigenvalue weighted by Crippen LogP contribution is -2.19. The molecule has 0 bridgehead atoms. The zero-order chi connectivity index (χ0) is 11.2. The van der Waals surface area contributed by atoms with Crippen LogP contribution in [0.2, 0.25) is 0 Å². The molecule has 0 aromatic heterocycles. The van der Waals surface area contributed by atoms with Crippen LogP contribution in [0.15, 0.2) is 18.2 Å². The summed E-state index contributed by atoms with van der Waals surface area (Å²) < 4.78 is 37.5. The molecule has 1 heterocycles. The Bertz CT molecular complexity index is 428. The van der Waals surface area contributed by atoms with Gasteiger partial charge in [-0.2, -0.15) is 13.2 Å². The van der Waals surface area contributed by atoms with Crippen LogP contribution in [-0.4, -0.2) is 5.91 Å². The van der Waals surface area contributed by atoms with Gasteiger partial charge in [0.25, 0.3) is 0 Å². The minimum Gasteiger partial charge on any atom is -0.324 e. The van der Waals surface area contributed by atoms with Crippen molar-refractivity contribution in [3.8, 4) is 0 Å². The fourth-order valence-corrected chi connectivity index (χ4v) is 1.55. The number of anilines is 1. The molecule has 1 aromatic carbocycles. The summed E-state index contributed by atoms with van der Waals surface area (Å²) in [5, 5.41) is 2.14. The summed E-state index contributed by atoms with van der Waals surface area (Å²) in [5.41, 5.74) is 4.53. The molecule has 3 nitrogen and oxygen atoms in total. The second-order valence-electron chi connectivity index (χ2n) is 3.23.